The molecule has 0 bridgehead atoms. The molecule has 0 unspecified atom stereocenters. The van der Waals surface area contributed by atoms with Gasteiger partial charge in [-0.25, -0.2) is 13.1 Å². The molecule has 34 heavy (non-hydrogen) atoms. The minimum absolute atomic E-state index is 0.233. The van der Waals surface area contributed by atoms with E-state index < -0.39 is 10.0 Å². The highest BCUT2D eigenvalue weighted by Crippen LogP contribution is 2.27. The Kier molecular flexibility index (Phi) is 7.84. The van der Waals surface area contributed by atoms with Crippen LogP contribution in [0.5, 0.6) is 0 Å². The average molecular weight is 484 g/mol. The van der Waals surface area contributed by atoms with E-state index in [1.165, 1.54) is 25.7 Å². The third kappa shape index (κ3) is 6.36. The monoisotopic (exact) mass is 483 g/mol. The summed E-state index contributed by atoms with van der Waals surface area (Å²) in [6, 6.07) is 12.1. The molecule has 0 radical (unpaired) electrons. The Morgan fingerprint density at radius 3 is 2.56 bits per heavy atom. The van der Waals surface area contributed by atoms with Crippen molar-refractivity contribution in [3.63, 3.8) is 0 Å². The maximum Gasteiger partial charge on any atom is 0.280 e. The molecule has 2 aromatic rings. The van der Waals surface area contributed by atoms with Gasteiger partial charge in [0, 0.05) is 36.6 Å². The van der Waals surface area contributed by atoms with E-state index in [-0.39, 0.29) is 10.8 Å². The Bertz CT molecular complexity index is 1150. The Morgan fingerprint density at radius 1 is 1.06 bits per heavy atom. The molecule has 0 atom stereocenters. The Morgan fingerprint density at radius 2 is 1.82 bits per heavy atom. The number of amides is 1. The maximum absolute atomic E-state index is 12.8. The first-order chi connectivity index (χ1) is 16.4. The van der Waals surface area contributed by atoms with Gasteiger partial charge in [-0.05, 0) is 67.6 Å². The summed E-state index contributed by atoms with van der Waals surface area (Å²) in [5.41, 5.74) is 2.81. The van der Waals surface area contributed by atoms with Crippen molar-refractivity contribution in [1.82, 2.24) is 15.4 Å². The van der Waals surface area contributed by atoms with Crippen LogP contribution >= 0.6 is 0 Å². The third-order valence-corrected chi connectivity index (χ3v) is 7.83. The number of anilines is 2. The summed E-state index contributed by atoms with van der Waals surface area (Å²) in [5.74, 6) is 0.824. The fourth-order valence-electron chi connectivity index (χ4n) is 4.42. The molecule has 4 N–H and O–H groups in total. The largest absolute Gasteiger partial charge is 0.356 e. The number of guanidine groups is 1. The quantitative estimate of drug-likeness (QED) is 0.456. The van der Waals surface area contributed by atoms with Crippen LogP contribution in [0.1, 0.15) is 54.4 Å². The number of nitrogens with one attached hydrogen (secondary N) is 4. The zero-order valence-electron chi connectivity index (χ0n) is 19.6. The van der Waals surface area contributed by atoms with Crippen LogP contribution in [-0.2, 0) is 10.0 Å². The van der Waals surface area contributed by atoms with E-state index in [1.54, 1.807) is 30.3 Å². The summed E-state index contributed by atoms with van der Waals surface area (Å²) in [6.45, 7) is 3.96. The van der Waals surface area contributed by atoms with Crippen LogP contribution in [0.3, 0.4) is 0 Å². The van der Waals surface area contributed by atoms with Gasteiger partial charge in [0.1, 0.15) is 0 Å². The molecule has 0 spiro atoms. The number of benzene rings is 2. The molecule has 1 aliphatic carbocycles. The minimum Gasteiger partial charge on any atom is -0.356 e. The third-order valence-electron chi connectivity index (χ3n) is 6.37. The number of carbonyl (C=O) groups excluding carboxylic acids is 1. The van der Waals surface area contributed by atoms with Gasteiger partial charge < -0.3 is 16.0 Å². The number of carbonyl (C=O) groups is 1. The standard InChI is InChI=1S/C25H33N5O3S/c1-18-16-20(24(31)30-25-26-13-5-14-27-25)10-11-23(18)29-21-8-4-9-22(17-21)34(32,33)28-15-12-19-6-2-3-7-19/h4,8-11,16-17,19,28-29H,2-3,5-7,12-15H2,1H3,(H2,26,27,30,31). The second-order valence-corrected chi connectivity index (χ2v) is 10.8. The second kappa shape index (κ2) is 11.0. The molecule has 8 nitrogen and oxygen atoms in total. The number of sulfonamides is 1. The SMILES string of the molecule is Cc1cc(C(=O)N=C2NCCCN2)ccc1Nc1cccc(S(=O)(=O)NCCC2CCCC2)c1. The first-order valence-corrected chi connectivity index (χ1v) is 13.5. The van der Waals surface area contributed by atoms with Crippen LogP contribution in [0.25, 0.3) is 0 Å². The van der Waals surface area contributed by atoms with Crippen molar-refractivity contribution >= 4 is 33.3 Å². The molecule has 2 aromatic carbocycles. The lowest BCUT2D eigenvalue weighted by atomic mass is 10.1. The van der Waals surface area contributed by atoms with Gasteiger partial charge in [-0.1, -0.05) is 31.7 Å². The number of aliphatic imine (C=N–C) groups is 1. The first-order valence-electron chi connectivity index (χ1n) is 12.0. The topological polar surface area (TPSA) is 112 Å². The predicted molar refractivity (Wildman–Crippen MR) is 135 cm³/mol. The van der Waals surface area contributed by atoms with E-state index in [0.717, 1.165) is 37.2 Å². The summed E-state index contributed by atoms with van der Waals surface area (Å²) in [5, 5.41) is 9.42. The number of aryl methyl sites for hydroxylation is 1. The molecule has 4 rings (SSSR count). The summed E-state index contributed by atoms with van der Waals surface area (Å²) in [6.07, 6.45) is 6.79. The van der Waals surface area contributed by atoms with Gasteiger partial charge in [0.15, 0.2) is 5.96 Å². The van der Waals surface area contributed by atoms with Crippen molar-refractivity contribution in [1.29, 1.82) is 0 Å². The number of hydrogen-bond acceptors (Lipinski definition) is 4. The van der Waals surface area contributed by atoms with E-state index in [4.69, 9.17) is 0 Å². The Labute approximate surface area is 201 Å². The zero-order valence-corrected chi connectivity index (χ0v) is 20.4. The minimum atomic E-state index is -3.57. The van der Waals surface area contributed by atoms with E-state index in [0.29, 0.717) is 29.7 Å². The van der Waals surface area contributed by atoms with Gasteiger partial charge in [0.05, 0.1) is 4.90 Å². The van der Waals surface area contributed by atoms with E-state index in [9.17, 15) is 13.2 Å². The molecule has 2 aliphatic rings. The first kappa shape index (κ1) is 24.2. The van der Waals surface area contributed by atoms with Gasteiger partial charge in [-0.3, -0.25) is 4.79 Å². The average Bonchev–Trinajstić information content (AvgIpc) is 3.35. The van der Waals surface area contributed by atoms with Gasteiger partial charge in [-0.2, -0.15) is 4.99 Å². The lowest BCUT2D eigenvalue weighted by Crippen LogP contribution is -2.44. The molecule has 9 heteroatoms. The van der Waals surface area contributed by atoms with E-state index in [2.05, 4.69) is 25.7 Å². The van der Waals surface area contributed by atoms with Crippen molar-refractivity contribution in [3.8, 4) is 0 Å². The highest BCUT2D eigenvalue weighted by Gasteiger charge is 2.18. The second-order valence-electron chi connectivity index (χ2n) is 8.99. The molecule has 1 aliphatic heterocycles. The fourth-order valence-corrected chi connectivity index (χ4v) is 5.52. The lowest BCUT2D eigenvalue weighted by molar-refractivity contribution is 0.100. The van der Waals surface area contributed by atoms with Crippen molar-refractivity contribution < 1.29 is 13.2 Å². The van der Waals surface area contributed by atoms with Crippen molar-refractivity contribution in [2.24, 2.45) is 10.9 Å². The molecule has 1 saturated heterocycles. The smallest absolute Gasteiger partial charge is 0.280 e. The summed E-state index contributed by atoms with van der Waals surface area (Å²) in [4.78, 5) is 16.8. The van der Waals surface area contributed by atoms with Crippen molar-refractivity contribution in [3.05, 3.63) is 53.6 Å². The molecule has 1 heterocycles. The van der Waals surface area contributed by atoms with Crippen LogP contribution in [0.2, 0.25) is 0 Å². The van der Waals surface area contributed by atoms with Gasteiger partial charge in [-0.15, -0.1) is 0 Å². The van der Waals surface area contributed by atoms with Gasteiger partial charge in [0.25, 0.3) is 5.91 Å². The van der Waals surface area contributed by atoms with Crippen molar-refractivity contribution in [2.75, 3.05) is 25.0 Å². The highest BCUT2D eigenvalue weighted by molar-refractivity contribution is 7.89. The molecule has 1 saturated carbocycles. The van der Waals surface area contributed by atoms with Crippen molar-refractivity contribution in [2.45, 2.75) is 50.3 Å². The van der Waals surface area contributed by atoms with Crippen LogP contribution in [0.15, 0.2) is 52.4 Å². The number of nitrogens with zero attached hydrogens (tertiary/aromatic N) is 1. The fraction of sp³-hybridized carbons (Fsp3) is 0.440. The summed E-state index contributed by atoms with van der Waals surface area (Å²) in [7, 11) is -3.57. The van der Waals surface area contributed by atoms with Gasteiger partial charge >= 0.3 is 0 Å². The molecular formula is C25H33N5O3S. The number of hydrogen-bond donors (Lipinski definition) is 4. The maximum atomic E-state index is 12.8. The van der Waals surface area contributed by atoms with Crippen LogP contribution in [-0.4, -0.2) is 39.9 Å². The van der Waals surface area contributed by atoms with E-state index >= 15 is 0 Å². The van der Waals surface area contributed by atoms with Gasteiger partial charge in [0.2, 0.25) is 10.0 Å². The Hall–Kier alpha value is -2.91. The molecule has 2 fully saturated rings. The molecular weight excluding hydrogens is 450 g/mol. The normalized spacial score (nSPS) is 16.6. The van der Waals surface area contributed by atoms with Crippen LogP contribution < -0.4 is 20.7 Å². The summed E-state index contributed by atoms with van der Waals surface area (Å²) < 4.78 is 28.3. The zero-order chi connectivity index (χ0) is 24.0. The summed E-state index contributed by atoms with van der Waals surface area (Å²) >= 11 is 0. The molecule has 1 amide bonds. The predicted octanol–water partition coefficient (Wildman–Crippen LogP) is 3.68. The molecule has 182 valence electrons. The lowest BCUT2D eigenvalue weighted by Gasteiger charge is -2.17. The number of rotatable bonds is 8. The van der Waals surface area contributed by atoms with Crippen LogP contribution in [0.4, 0.5) is 11.4 Å². The van der Waals surface area contributed by atoms with E-state index in [1.807, 2.05) is 19.1 Å². The molecule has 0 aromatic heterocycles. The Balaban J connectivity index is 1.40. The highest BCUT2D eigenvalue weighted by atomic mass is 32.2. The van der Waals surface area contributed by atoms with Crippen LogP contribution in [0, 0.1) is 12.8 Å².